The van der Waals surface area contributed by atoms with Gasteiger partial charge in [-0.2, -0.15) is 0 Å². The van der Waals surface area contributed by atoms with Crippen molar-refractivity contribution in [3.05, 3.63) is 77.6 Å². The highest BCUT2D eigenvalue weighted by atomic mass is 16.5. The number of esters is 1. The molecule has 1 heterocycles. The third-order valence-corrected chi connectivity index (χ3v) is 4.31. The van der Waals surface area contributed by atoms with Crippen molar-refractivity contribution in [3.63, 3.8) is 0 Å². The summed E-state index contributed by atoms with van der Waals surface area (Å²) in [5.74, 6) is -0.272. The van der Waals surface area contributed by atoms with Crippen molar-refractivity contribution in [1.29, 1.82) is 0 Å². The smallest absolute Gasteiger partial charge is 0.337 e. The molecule has 0 unspecified atom stereocenters. The predicted octanol–water partition coefficient (Wildman–Crippen LogP) is 3.98. The number of methoxy groups -OCH3 is 1. The van der Waals surface area contributed by atoms with Gasteiger partial charge in [0.15, 0.2) is 0 Å². The van der Waals surface area contributed by atoms with E-state index in [1.165, 1.54) is 19.5 Å². The van der Waals surface area contributed by atoms with Crippen LogP contribution in [0.1, 0.15) is 33.2 Å². The molecule has 0 aliphatic carbocycles. The van der Waals surface area contributed by atoms with Gasteiger partial charge in [0.25, 0.3) is 5.91 Å². The van der Waals surface area contributed by atoms with Crippen LogP contribution in [0.4, 0.5) is 17.3 Å². The summed E-state index contributed by atoms with van der Waals surface area (Å²) in [4.78, 5) is 34.7. The van der Waals surface area contributed by atoms with Gasteiger partial charge in [0, 0.05) is 30.3 Å². The van der Waals surface area contributed by atoms with Gasteiger partial charge >= 0.3 is 5.97 Å². The molecule has 1 aromatic heterocycles. The van der Waals surface area contributed by atoms with Gasteiger partial charge in [0.2, 0.25) is 5.95 Å². The second-order valence-corrected chi connectivity index (χ2v) is 6.38. The van der Waals surface area contributed by atoms with Crippen molar-refractivity contribution in [3.8, 4) is 0 Å². The first kappa shape index (κ1) is 20.0. The van der Waals surface area contributed by atoms with Gasteiger partial charge < -0.3 is 15.0 Å². The van der Waals surface area contributed by atoms with Crippen LogP contribution in [0.15, 0.2) is 60.9 Å². The van der Waals surface area contributed by atoms with E-state index in [1.807, 2.05) is 38.1 Å². The number of ether oxygens (including phenoxy) is 1. The molecule has 3 rings (SSSR count). The Bertz CT molecular complexity index is 1020. The first-order chi connectivity index (χ1) is 14.0. The maximum atomic E-state index is 12.9. The van der Waals surface area contributed by atoms with E-state index in [1.54, 1.807) is 29.2 Å². The Morgan fingerprint density at radius 3 is 2.41 bits per heavy atom. The van der Waals surface area contributed by atoms with Crippen LogP contribution in [0.5, 0.6) is 0 Å². The molecule has 7 heteroatoms. The van der Waals surface area contributed by atoms with Crippen LogP contribution in [0.25, 0.3) is 0 Å². The van der Waals surface area contributed by atoms with Gasteiger partial charge in [-0.1, -0.05) is 18.2 Å². The number of hydrogen-bond donors (Lipinski definition) is 1. The molecule has 1 N–H and O–H groups in total. The number of nitrogens with zero attached hydrogens (tertiary/aromatic N) is 3. The highest BCUT2D eigenvalue weighted by molar-refractivity contribution is 6.05. The molecule has 0 spiro atoms. The van der Waals surface area contributed by atoms with Crippen LogP contribution < -0.4 is 10.2 Å². The van der Waals surface area contributed by atoms with E-state index in [2.05, 4.69) is 15.3 Å². The van der Waals surface area contributed by atoms with E-state index in [0.29, 0.717) is 29.3 Å². The molecular weight excluding hydrogens is 368 g/mol. The largest absolute Gasteiger partial charge is 0.465 e. The predicted molar refractivity (Wildman–Crippen MR) is 112 cm³/mol. The second-order valence-electron chi connectivity index (χ2n) is 6.38. The van der Waals surface area contributed by atoms with E-state index in [-0.39, 0.29) is 5.91 Å². The van der Waals surface area contributed by atoms with Crippen molar-refractivity contribution in [2.75, 3.05) is 23.9 Å². The SMILES string of the molecule is CCN(C(=O)c1cnc(Nc2cccc(C(=O)OC)c2)nc1)c1cccc(C)c1. The third-order valence-electron chi connectivity index (χ3n) is 4.31. The Morgan fingerprint density at radius 2 is 1.76 bits per heavy atom. The van der Waals surface area contributed by atoms with Gasteiger partial charge in [0.05, 0.1) is 18.2 Å². The molecule has 0 saturated carbocycles. The molecule has 3 aromatic rings. The summed E-state index contributed by atoms with van der Waals surface area (Å²) in [6, 6.07) is 14.6. The Kier molecular flexibility index (Phi) is 6.19. The Balaban J connectivity index is 1.76. The number of hydrogen-bond acceptors (Lipinski definition) is 6. The summed E-state index contributed by atoms with van der Waals surface area (Å²) in [5.41, 5.74) is 3.36. The van der Waals surface area contributed by atoms with Crippen LogP contribution in [0.2, 0.25) is 0 Å². The Hall–Kier alpha value is -3.74. The molecule has 0 aliphatic heterocycles. The lowest BCUT2D eigenvalue weighted by Crippen LogP contribution is -2.30. The van der Waals surface area contributed by atoms with Crippen molar-refractivity contribution in [2.24, 2.45) is 0 Å². The summed E-state index contributed by atoms with van der Waals surface area (Å²) >= 11 is 0. The number of amides is 1. The average molecular weight is 390 g/mol. The van der Waals surface area contributed by atoms with Crippen LogP contribution in [0, 0.1) is 6.92 Å². The normalized spacial score (nSPS) is 10.3. The summed E-state index contributed by atoms with van der Waals surface area (Å²) < 4.78 is 4.72. The number of anilines is 3. The fraction of sp³-hybridized carbons (Fsp3) is 0.182. The van der Waals surface area contributed by atoms with Gasteiger partial charge in [-0.05, 0) is 49.7 Å². The maximum Gasteiger partial charge on any atom is 0.337 e. The van der Waals surface area contributed by atoms with E-state index >= 15 is 0 Å². The van der Waals surface area contributed by atoms with Crippen LogP contribution >= 0.6 is 0 Å². The number of benzene rings is 2. The molecule has 7 nitrogen and oxygen atoms in total. The Morgan fingerprint density at radius 1 is 1.03 bits per heavy atom. The van der Waals surface area contributed by atoms with E-state index in [0.717, 1.165) is 11.3 Å². The molecule has 2 aromatic carbocycles. The second kappa shape index (κ2) is 8.97. The highest BCUT2D eigenvalue weighted by Gasteiger charge is 2.17. The van der Waals surface area contributed by atoms with E-state index < -0.39 is 5.97 Å². The van der Waals surface area contributed by atoms with Gasteiger partial charge in [-0.15, -0.1) is 0 Å². The molecule has 148 valence electrons. The lowest BCUT2D eigenvalue weighted by molar-refractivity contribution is 0.0600. The number of carbonyl (C=O) groups is 2. The molecular formula is C22H22N4O3. The topological polar surface area (TPSA) is 84.4 Å². The minimum absolute atomic E-state index is 0.169. The number of carbonyl (C=O) groups excluding carboxylic acids is 2. The minimum Gasteiger partial charge on any atom is -0.465 e. The third kappa shape index (κ3) is 4.76. The summed E-state index contributed by atoms with van der Waals surface area (Å²) in [7, 11) is 1.33. The molecule has 0 radical (unpaired) electrons. The van der Waals surface area contributed by atoms with Crippen molar-refractivity contribution in [1.82, 2.24) is 9.97 Å². The minimum atomic E-state index is -0.425. The molecule has 1 amide bonds. The lowest BCUT2D eigenvalue weighted by atomic mass is 10.2. The van der Waals surface area contributed by atoms with Crippen molar-refractivity contribution in [2.45, 2.75) is 13.8 Å². The summed E-state index contributed by atoms with van der Waals surface area (Å²) in [5, 5.41) is 3.02. The first-order valence-electron chi connectivity index (χ1n) is 9.17. The van der Waals surface area contributed by atoms with Crippen LogP contribution in [-0.4, -0.2) is 35.5 Å². The highest BCUT2D eigenvalue weighted by Crippen LogP contribution is 2.19. The quantitative estimate of drug-likeness (QED) is 0.641. The summed E-state index contributed by atoms with van der Waals surface area (Å²) in [6.07, 6.45) is 2.97. The zero-order valence-corrected chi connectivity index (χ0v) is 16.5. The van der Waals surface area contributed by atoms with Crippen molar-refractivity contribution < 1.29 is 14.3 Å². The lowest BCUT2D eigenvalue weighted by Gasteiger charge is -2.21. The number of aryl methyl sites for hydroxylation is 1. The van der Waals surface area contributed by atoms with Crippen molar-refractivity contribution >= 4 is 29.2 Å². The van der Waals surface area contributed by atoms with Gasteiger partial charge in [-0.25, -0.2) is 14.8 Å². The fourth-order valence-corrected chi connectivity index (χ4v) is 2.87. The molecule has 0 saturated heterocycles. The zero-order chi connectivity index (χ0) is 20.8. The molecule has 0 atom stereocenters. The zero-order valence-electron chi connectivity index (χ0n) is 16.5. The Labute approximate surface area is 169 Å². The number of aromatic nitrogens is 2. The average Bonchev–Trinajstić information content (AvgIpc) is 2.74. The fourth-order valence-electron chi connectivity index (χ4n) is 2.87. The monoisotopic (exact) mass is 390 g/mol. The summed E-state index contributed by atoms with van der Waals surface area (Å²) in [6.45, 7) is 4.44. The standard InChI is InChI=1S/C22H22N4O3/c1-4-26(19-10-5-7-15(2)11-19)20(27)17-13-23-22(24-14-17)25-18-9-6-8-16(12-18)21(28)29-3/h5-14H,4H2,1-3H3,(H,23,24,25). The number of nitrogens with one attached hydrogen (secondary N) is 1. The molecule has 0 bridgehead atoms. The van der Waals surface area contributed by atoms with E-state index in [9.17, 15) is 9.59 Å². The van der Waals surface area contributed by atoms with Gasteiger partial charge in [-0.3, -0.25) is 4.79 Å². The van der Waals surface area contributed by atoms with Crippen LogP contribution in [-0.2, 0) is 4.74 Å². The van der Waals surface area contributed by atoms with Gasteiger partial charge in [0.1, 0.15) is 0 Å². The number of rotatable bonds is 6. The van der Waals surface area contributed by atoms with E-state index in [4.69, 9.17) is 4.74 Å². The molecule has 29 heavy (non-hydrogen) atoms. The molecule has 0 fully saturated rings. The molecule has 0 aliphatic rings. The van der Waals surface area contributed by atoms with Crippen LogP contribution in [0.3, 0.4) is 0 Å². The first-order valence-corrected chi connectivity index (χ1v) is 9.17. The maximum absolute atomic E-state index is 12.9.